The lowest BCUT2D eigenvalue weighted by atomic mass is 10.1. The molecule has 26 heavy (non-hydrogen) atoms. The third-order valence-electron chi connectivity index (χ3n) is 3.74. The molecule has 0 spiro atoms. The van der Waals surface area contributed by atoms with Crippen molar-refractivity contribution >= 4 is 91.8 Å². The van der Waals surface area contributed by atoms with Gasteiger partial charge >= 0.3 is 0 Å². The number of rotatable bonds is 3. The average molecular weight is 589 g/mol. The van der Waals surface area contributed by atoms with Crippen molar-refractivity contribution in [1.82, 2.24) is 5.32 Å². The van der Waals surface area contributed by atoms with Crippen LogP contribution in [0.1, 0.15) is 5.56 Å². The van der Waals surface area contributed by atoms with Crippen LogP contribution >= 0.6 is 57.4 Å². The van der Waals surface area contributed by atoms with E-state index in [1.54, 1.807) is 18.2 Å². The molecule has 2 aromatic carbocycles. The number of nitrogens with zero attached hydrogens (tertiary/aromatic N) is 1. The van der Waals surface area contributed by atoms with E-state index in [0.29, 0.717) is 5.69 Å². The van der Waals surface area contributed by atoms with Gasteiger partial charge in [-0.2, -0.15) is 0 Å². The minimum atomic E-state index is -0.491. The number of amides is 2. The highest BCUT2D eigenvalue weighted by atomic mass is 127. The van der Waals surface area contributed by atoms with Crippen molar-refractivity contribution in [3.63, 3.8) is 0 Å². The highest BCUT2D eigenvalue weighted by molar-refractivity contribution is 14.1. The summed E-state index contributed by atoms with van der Waals surface area (Å²) >= 11 is 9.63. The van der Waals surface area contributed by atoms with Crippen LogP contribution in [0, 0.1) is 7.14 Å². The summed E-state index contributed by atoms with van der Waals surface area (Å²) in [5.74, 6) is -0.928. The highest BCUT2D eigenvalue weighted by Gasteiger charge is 2.34. The van der Waals surface area contributed by atoms with Crippen molar-refractivity contribution in [3.05, 3.63) is 60.7 Å². The molecule has 1 aliphatic rings. The first kappa shape index (κ1) is 19.2. The van der Waals surface area contributed by atoms with Crippen LogP contribution in [-0.2, 0) is 9.59 Å². The van der Waals surface area contributed by atoms with Gasteiger partial charge in [-0.25, -0.2) is 0 Å². The quantitative estimate of drug-likeness (QED) is 0.248. The molecule has 0 unspecified atom stereocenters. The Hall–Kier alpha value is -1.53. The second-order valence-corrected chi connectivity index (χ2v) is 8.11. The van der Waals surface area contributed by atoms with Crippen LogP contribution in [-0.4, -0.2) is 24.0 Å². The number of hydrogen-bond acceptors (Lipinski definition) is 4. The molecule has 8 heteroatoms. The molecule has 5 nitrogen and oxygen atoms in total. The zero-order valence-corrected chi connectivity index (χ0v) is 18.7. The minimum Gasteiger partial charge on any atom is -0.386 e. The number of hydrogen-bond donors (Lipinski definition) is 2. The summed E-state index contributed by atoms with van der Waals surface area (Å²) in [4.78, 5) is 26.6. The monoisotopic (exact) mass is 589 g/mol. The second-order valence-electron chi connectivity index (χ2n) is 5.40. The van der Waals surface area contributed by atoms with Gasteiger partial charge in [-0.1, -0.05) is 18.2 Å². The fourth-order valence-electron chi connectivity index (χ4n) is 2.55. The van der Waals surface area contributed by atoms with Gasteiger partial charge in [0, 0.05) is 14.2 Å². The summed E-state index contributed by atoms with van der Waals surface area (Å²) in [5.41, 5.74) is 2.45. The summed E-state index contributed by atoms with van der Waals surface area (Å²) in [6.07, 6.45) is 1.60. The summed E-state index contributed by atoms with van der Waals surface area (Å²) in [5, 5.41) is 5.81. The number of para-hydroxylation sites is 1. The molecule has 1 fully saturated rings. The van der Waals surface area contributed by atoms with Gasteiger partial charge in [-0.05, 0) is 93.3 Å². The van der Waals surface area contributed by atoms with Gasteiger partial charge in [-0.3, -0.25) is 19.8 Å². The predicted octanol–water partition coefficient (Wildman–Crippen LogP) is 3.77. The minimum absolute atomic E-state index is 0.0475. The van der Waals surface area contributed by atoms with Gasteiger partial charge in [0.1, 0.15) is 5.57 Å². The summed E-state index contributed by atoms with van der Waals surface area (Å²) in [7, 11) is 1.86. The lowest BCUT2D eigenvalue weighted by Gasteiger charge is -2.28. The second kappa shape index (κ2) is 8.01. The Morgan fingerprint density at radius 2 is 1.73 bits per heavy atom. The molecule has 0 aromatic heterocycles. The fourth-order valence-corrected chi connectivity index (χ4v) is 5.19. The third-order valence-corrected chi connectivity index (χ3v) is 5.73. The van der Waals surface area contributed by atoms with Gasteiger partial charge in [0.2, 0.25) is 0 Å². The van der Waals surface area contributed by atoms with E-state index in [1.165, 1.54) is 4.90 Å². The molecule has 2 amide bonds. The van der Waals surface area contributed by atoms with E-state index in [-0.39, 0.29) is 10.7 Å². The van der Waals surface area contributed by atoms with Gasteiger partial charge in [-0.15, -0.1) is 0 Å². The number of carbonyl (C=O) groups is 2. The Balaban J connectivity index is 2.04. The van der Waals surface area contributed by atoms with Crippen LogP contribution in [0.15, 0.2) is 48.0 Å². The molecule has 132 valence electrons. The molecule has 0 atom stereocenters. The number of thiocarbonyl (C=S) groups is 1. The van der Waals surface area contributed by atoms with Crippen LogP contribution in [0.3, 0.4) is 0 Å². The smallest absolute Gasteiger partial charge is 0.270 e. The Bertz CT molecular complexity index is 922. The van der Waals surface area contributed by atoms with Crippen molar-refractivity contribution in [1.29, 1.82) is 0 Å². The lowest BCUT2D eigenvalue weighted by Crippen LogP contribution is -2.54. The van der Waals surface area contributed by atoms with E-state index in [4.69, 9.17) is 12.2 Å². The molecular formula is C18H13I2N3O2S. The Morgan fingerprint density at radius 3 is 2.31 bits per heavy atom. The fraction of sp³-hybridized carbons (Fsp3) is 0.0556. The first-order valence-corrected chi connectivity index (χ1v) is 10.1. The molecule has 1 saturated heterocycles. The standard InChI is InChI=1S/C18H13I2N3O2S/c1-21-15-13(19)8-10(9-14(15)20)7-12-16(24)22-18(26)23(17(12)25)11-5-3-2-4-6-11/h2-9,21H,1H3,(H,22,24,26)/b12-7+. The first-order chi connectivity index (χ1) is 12.4. The number of halogens is 2. The van der Waals surface area contributed by atoms with Gasteiger partial charge in [0.15, 0.2) is 5.11 Å². The Labute approximate surface area is 183 Å². The van der Waals surface area contributed by atoms with E-state index in [9.17, 15) is 9.59 Å². The Morgan fingerprint density at radius 1 is 1.12 bits per heavy atom. The topological polar surface area (TPSA) is 61.4 Å². The van der Waals surface area contributed by atoms with Crippen molar-refractivity contribution in [2.75, 3.05) is 17.3 Å². The van der Waals surface area contributed by atoms with E-state index in [0.717, 1.165) is 18.4 Å². The van der Waals surface area contributed by atoms with E-state index >= 15 is 0 Å². The Kier molecular flexibility index (Phi) is 5.92. The first-order valence-electron chi connectivity index (χ1n) is 7.55. The summed E-state index contributed by atoms with van der Waals surface area (Å²) in [6.45, 7) is 0. The van der Waals surface area contributed by atoms with Crippen molar-refractivity contribution in [2.45, 2.75) is 0 Å². The summed E-state index contributed by atoms with van der Waals surface area (Å²) < 4.78 is 2.01. The van der Waals surface area contributed by atoms with Crippen LogP contribution < -0.4 is 15.5 Å². The van der Waals surface area contributed by atoms with Crippen LogP contribution in [0.5, 0.6) is 0 Å². The molecular weight excluding hydrogens is 576 g/mol. The molecule has 1 aliphatic heterocycles. The van der Waals surface area contributed by atoms with E-state index in [2.05, 4.69) is 55.8 Å². The zero-order chi connectivity index (χ0) is 18.8. The SMILES string of the molecule is CNc1c(I)cc(/C=C2\C(=O)NC(=S)N(c3ccccc3)C2=O)cc1I. The number of benzene rings is 2. The molecule has 0 aliphatic carbocycles. The van der Waals surface area contributed by atoms with Crippen LogP contribution in [0.4, 0.5) is 11.4 Å². The maximum absolute atomic E-state index is 12.9. The maximum atomic E-state index is 12.9. The van der Waals surface area contributed by atoms with Crippen LogP contribution in [0.25, 0.3) is 6.08 Å². The number of carbonyl (C=O) groups excluding carboxylic acids is 2. The van der Waals surface area contributed by atoms with Crippen molar-refractivity contribution in [3.8, 4) is 0 Å². The molecule has 0 radical (unpaired) electrons. The molecule has 0 bridgehead atoms. The van der Waals surface area contributed by atoms with Crippen LogP contribution in [0.2, 0.25) is 0 Å². The molecule has 2 aromatic rings. The maximum Gasteiger partial charge on any atom is 0.270 e. The number of nitrogens with one attached hydrogen (secondary N) is 2. The molecule has 0 saturated carbocycles. The molecule has 2 N–H and O–H groups in total. The van der Waals surface area contributed by atoms with E-state index in [1.807, 2.05) is 37.4 Å². The van der Waals surface area contributed by atoms with Crippen molar-refractivity contribution in [2.24, 2.45) is 0 Å². The highest BCUT2D eigenvalue weighted by Crippen LogP contribution is 2.28. The van der Waals surface area contributed by atoms with Gasteiger partial charge in [0.25, 0.3) is 11.8 Å². The van der Waals surface area contributed by atoms with E-state index < -0.39 is 11.8 Å². The van der Waals surface area contributed by atoms with Gasteiger partial charge < -0.3 is 5.32 Å². The molecule has 3 rings (SSSR count). The van der Waals surface area contributed by atoms with Gasteiger partial charge in [0.05, 0.1) is 11.4 Å². The number of anilines is 2. The lowest BCUT2D eigenvalue weighted by molar-refractivity contribution is -0.122. The molecule has 1 heterocycles. The normalized spacial score (nSPS) is 16.0. The van der Waals surface area contributed by atoms with Crippen molar-refractivity contribution < 1.29 is 9.59 Å². The zero-order valence-electron chi connectivity index (χ0n) is 13.5. The third kappa shape index (κ3) is 3.76. The predicted molar refractivity (Wildman–Crippen MR) is 124 cm³/mol. The summed E-state index contributed by atoms with van der Waals surface area (Å²) in [6, 6.07) is 12.9. The largest absolute Gasteiger partial charge is 0.386 e. The average Bonchev–Trinajstić information content (AvgIpc) is 2.59.